The van der Waals surface area contributed by atoms with Gasteiger partial charge in [0.05, 0.1) is 19.2 Å². The molecule has 3 heterocycles. The number of aromatic nitrogens is 2. The van der Waals surface area contributed by atoms with Crippen LogP contribution in [0.5, 0.6) is 11.5 Å². The van der Waals surface area contributed by atoms with Crippen molar-refractivity contribution in [1.29, 1.82) is 0 Å². The zero-order valence-corrected chi connectivity index (χ0v) is 18.1. The highest BCUT2D eigenvalue weighted by atomic mass is 16.5. The van der Waals surface area contributed by atoms with Crippen LogP contribution in [0.4, 0.5) is 11.8 Å². The Hall–Kier alpha value is -2.32. The van der Waals surface area contributed by atoms with Crippen LogP contribution in [0, 0.1) is 0 Å². The van der Waals surface area contributed by atoms with Crippen molar-refractivity contribution in [3.63, 3.8) is 0 Å². The summed E-state index contributed by atoms with van der Waals surface area (Å²) in [7, 11) is 3.51. The van der Waals surface area contributed by atoms with Gasteiger partial charge in [0, 0.05) is 44.3 Å². The van der Waals surface area contributed by atoms with E-state index in [1.54, 1.807) is 7.11 Å². The van der Waals surface area contributed by atoms with Crippen molar-refractivity contribution in [2.45, 2.75) is 38.1 Å². The van der Waals surface area contributed by atoms with Crippen molar-refractivity contribution in [3.8, 4) is 11.5 Å². The third kappa shape index (κ3) is 5.05. The molecule has 8 heteroatoms. The van der Waals surface area contributed by atoms with Gasteiger partial charge >= 0.3 is 0 Å². The predicted molar refractivity (Wildman–Crippen MR) is 119 cm³/mol. The van der Waals surface area contributed by atoms with Gasteiger partial charge in [-0.1, -0.05) is 0 Å². The molecule has 0 unspecified atom stereocenters. The zero-order valence-electron chi connectivity index (χ0n) is 18.1. The predicted octanol–water partition coefficient (Wildman–Crippen LogP) is 3.14. The molecule has 8 nitrogen and oxygen atoms in total. The summed E-state index contributed by atoms with van der Waals surface area (Å²) in [5, 5.41) is 7.58. The molecule has 1 aromatic carbocycles. The third-order valence-electron chi connectivity index (χ3n) is 5.84. The fourth-order valence-corrected chi connectivity index (χ4v) is 4.14. The van der Waals surface area contributed by atoms with Crippen LogP contribution in [-0.2, 0) is 4.74 Å². The SMILES string of the molecule is CNc1nc(NC2CCOCC2)c2cc(OC)c(OCCCN3CCCC3)cc2n1. The summed E-state index contributed by atoms with van der Waals surface area (Å²) < 4.78 is 17.2. The first-order valence-electron chi connectivity index (χ1n) is 11.0. The summed E-state index contributed by atoms with van der Waals surface area (Å²) in [6, 6.07) is 4.28. The standard InChI is InChI=1S/C22H33N5O3/c1-23-22-25-18-15-20(30-11-5-10-27-8-3-4-9-27)19(28-2)14-17(18)21(26-22)24-16-6-12-29-13-7-16/h14-16H,3-13H2,1-2H3,(H2,23,24,25,26). The van der Waals surface area contributed by atoms with Crippen LogP contribution in [0.2, 0.25) is 0 Å². The van der Waals surface area contributed by atoms with E-state index in [-0.39, 0.29) is 0 Å². The van der Waals surface area contributed by atoms with E-state index < -0.39 is 0 Å². The number of nitrogens with one attached hydrogen (secondary N) is 2. The number of fused-ring (bicyclic) bond motifs is 1. The largest absolute Gasteiger partial charge is 0.493 e. The lowest BCUT2D eigenvalue weighted by Crippen LogP contribution is -2.28. The van der Waals surface area contributed by atoms with Gasteiger partial charge in [0.2, 0.25) is 5.95 Å². The Morgan fingerprint density at radius 2 is 1.93 bits per heavy atom. The molecule has 4 rings (SSSR count). The lowest BCUT2D eigenvalue weighted by Gasteiger charge is -2.24. The average molecular weight is 416 g/mol. The first-order valence-corrected chi connectivity index (χ1v) is 11.0. The van der Waals surface area contributed by atoms with E-state index in [4.69, 9.17) is 14.2 Å². The van der Waals surface area contributed by atoms with Crippen molar-refractivity contribution in [2.24, 2.45) is 0 Å². The maximum atomic E-state index is 6.09. The monoisotopic (exact) mass is 415 g/mol. The summed E-state index contributed by atoms with van der Waals surface area (Å²) in [4.78, 5) is 11.8. The maximum Gasteiger partial charge on any atom is 0.224 e. The van der Waals surface area contributed by atoms with Gasteiger partial charge in [0.25, 0.3) is 0 Å². The molecule has 2 saturated heterocycles. The smallest absolute Gasteiger partial charge is 0.224 e. The summed E-state index contributed by atoms with van der Waals surface area (Å²) in [6.07, 6.45) is 5.57. The molecular weight excluding hydrogens is 382 g/mol. The maximum absolute atomic E-state index is 6.09. The van der Waals surface area contributed by atoms with Gasteiger partial charge in [0.15, 0.2) is 11.5 Å². The van der Waals surface area contributed by atoms with Crippen LogP contribution in [0.15, 0.2) is 12.1 Å². The molecule has 2 aliphatic rings. The molecule has 2 aliphatic heterocycles. The van der Waals surface area contributed by atoms with Gasteiger partial charge in [-0.05, 0) is 51.3 Å². The third-order valence-corrected chi connectivity index (χ3v) is 5.84. The minimum atomic E-state index is 0.342. The number of likely N-dealkylation sites (tertiary alicyclic amines) is 1. The van der Waals surface area contributed by atoms with E-state index in [0.717, 1.165) is 61.5 Å². The molecule has 0 saturated carbocycles. The van der Waals surface area contributed by atoms with Gasteiger partial charge in [0.1, 0.15) is 5.82 Å². The Morgan fingerprint density at radius 1 is 1.13 bits per heavy atom. The van der Waals surface area contributed by atoms with Crippen LogP contribution >= 0.6 is 0 Å². The van der Waals surface area contributed by atoms with E-state index in [0.29, 0.717) is 24.3 Å². The van der Waals surface area contributed by atoms with Crippen LogP contribution in [0.25, 0.3) is 10.9 Å². The highest BCUT2D eigenvalue weighted by Crippen LogP contribution is 2.35. The van der Waals surface area contributed by atoms with Crippen LogP contribution in [0.3, 0.4) is 0 Å². The van der Waals surface area contributed by atoms with Crippen molar-refractivity contribution in [1.82, 2.24) is 14.9 Å². The minimum Gasteiger partial charge on any atom is -0.493 e. The molecule has 0 radical (unpaired) electrons. The Bertz CT molecular complexity index is 835. The first kappa shape index (κ1) is 20.9. The lowest BCUT2D eigenvalue weighted by atomic mass is 10.1. The Kier molecular flexibility index (Phi) is 7.07. The molecule has 0 amide bonds. The molecule has 0 spiro atoms. The van der Waals surface area contributed by atoms with E-state index in [2.05, 4.69) is 25.5 Å². The molecule has 2 aromatic rings. The van der Waals surface area contributed by atoms with Gasteiger partial charge < -0.3 is 29.7 Å². The van der Waals surface area contributed by atoms with Gasteiger partial charge in [-0.25, -0.2) is 4.98 Å². The van der Waals surface area contributed by atoms with Gasteiger partial charge in [-0.15, -0.1) is 0 Å². The van der Waals surface area contributed by atoms with Crippen molar-refractivity contribution < 1.29 is 14.2 Å². The molecule has 30 heavy (non-hydrogen) atoms. The fourth-order valence-electron chi connectivity index (χ4n) is 4.14. The second kappa shape index (κ2) is 10.1. The van der Waals surface area contributed by atoms with Crippen LogP contribution in [-0.4, -0.2) is 74.5 Å². The highest BCUT2D eigenvalue weighted by Gasteiger charge is 2.18. The van der Waals surface area contributed by atoms with Crippen molar-refractivity contribution in [2.75, 3.05) is 64.2 Å². The van der Waals surface area contributed by atoms with E-state index >= 15 is 0 Å². The Labute approximate surface area is 178 Å². The zero-order chi connectivity index (χ0) is 20.8. The molecule has 0 bridgehead atoms. The highest BCUT2D eigenvalue weighted by molar-refractivity contribution is 5.92. The second-order valence-corrected chi connectivity index (χ2v) is 7.95. The van der Waals surface area contributed by atoms with Crippen molar-refractivity contribution >= 4 is 22.7 Å². The normalized spacial score (nSPS) is 17.9. The summed E-state index contributed by atoms with van der Waals surface area (Å²) in [5.74, 6) is 2.83. The lowest BCUT2D eigenvalue weighted by molar-refractivity contribution is 0.0904. The van der Waals surface area contributed by atoms with Crippen LogP contribution in [0.1, 0.15) is 32.1 Å². The number of nitrogens with zero attached hydrogens (tertiary/aromatic N) is 3. The topological polar surface area (TPSA) is 80.8 Å². The van der Waals surface area contributed by atoms with Crippen LogP contribution < -0.4 is 20.1 Å². The quantitative estimate of drug-likeness (QED) is 0.605. The number of ether oxygens (including phenoxy) is 3. The Morgan fingerprint density at radius 3 is 2.67 bits per heavy atom. The minimum absolute atomic E-state index is 0.342. The molecule has 2 N–H and O–H groups in total. The number of hydrogen-bond acceptors (Lipinski definition) is 8. The number of benzene rings is 1. The number of anilines is 2. The summed E-state index contributed by atoms with van der Waals surface area (Å²) >= 11 is 0. The van der Waals surface area contributed by atoms with E-state index in [1.165, 1.54) is 25.9 Å². The molecule has 0 atom stereocenters. The molecule has 1 aromatic heterocycles. The molecule has 2 fully saturated rings. The molecule has 164 valence electrons. The first-order chi connectivity index (χ1) is 14.8. The van der Waals surface area contributed by atoms with Gasteiger partial charge in [-0.2, -0.15) is 4.98 Å². The van der Waals surface area contributed by atoms with E-state index in [1.807, 2.05) is 19.2 Å². The Balaban J connectivity index is 1.52. The average Bonchev–Trinajstić information content (AvgIpc) is 3.30. The number of hydrogen-bond donors (Lipinski definition) is 2. The van der Waals surface area contributed by atoms with Crippen molar-refractivity contribution in [3.05, 3.63) is 12.1 Å². The molecule has 0 aliphatic carbocycles. The van der Waals surface area contributed by atoms with Gasteiger partial charge in [-0.3, -0.25) is 0 Å². The molecular formula is C22H33N5O3. The number of methoxy groups -OCH3 is 1. The van der Waals surface area contributed by atoms with E-state index in [9.17, 15) is 0 Å². The second-order valence-electron chi connectivity index (χ2n) is 7.95. The summed E-state index contributed by atoms with van der Waals surface area (Å²) in [5.41, 5.74) is 0.833. The summed E-state index contributed by atoms with van der Waals surface area (Å²) in [6.45, 7) is 5.73. The number of rotatable bonds is 9. The fraction of sp³-hybridized carbons (Fsp3) is 0.636.